The summed E-state index contributed by atoms with van der Waals surface area (Å²) < 4.78 is 33.7. The Kier molecular flexibility index (Phi) is 13.9. The van der Waals surface area contributed by atoms with Gasteiger partial charge in [0.25, 0.3) is 5.69 Å². The van der Waals surface area contributed by atoms with Gasteiger partial charge in [0.1, 0.15) is 6.61 Å². The second kappa shape index (κ2) is 17.4. The first-order chi connectivity index (χ1) is 22.1. The molecule has 1 saturated heterocycles. The summed E-state index contributed by atoms with van der Waals surface area (Å²) in [4.78, 5) is 27.6. The number of likely N-dealkylation sites (tertiary alicyclic amines) is 1. The van der Waals surface area contributed by atoms with Crippen molar-refractivity contribution in [3.63, 3.8) is 0 Å². The van der Waals surface area contributed by atoms with Crippen LogP contribution in [-0.4, -0.2) is 91.1 Å². The topological polar surface area (TPSA) is 134 Å². The molecule has 11 nitrogen and oxygen atoms in total. The zero-order chi connectivity index (χ0) is 33.2. The fourth-order valence-electron chi connectivity index (χ4n) is 5.89. The summed E-state index contributed by atoms with van der Waals surface area (Å²) in [6.45, 7) is 6.06. The Balaban J connectivity index is 0.00000600. The van der Waals surface area contributed by atoms with Gasteiger partial charge in [0.05, 0.1) is 16.4 Å². The van der Waals surface area contributed by atoms with E-state index in [0.717, 1.165) is 5.56 Å². The zero-order valence-electron chi connectivity index (χ0n) is 26.5. The molecule has 13 heteroatoms. The van der Waals surface area contributed by atoms with Crippen LogP contribution in [0.5, 0.6) is 0 Å². The van der Waals surface area contributed by atoms with Crippen molar-refractivity contribution < 1.29 is 28.0 Å². The van der Waals surface area contributed by atoms with Gasteiger partial charge in [-0.2, -0.15) is 4.31 Å². The molecule has 1 N–H and O–H groups in total. The molecule has 0 radical (unpaired) electrons. The fraction of sp³-hybridized carbons (Fsp3) is 0.382. The van der Waals surface area contributed by atoms with E-state index in [1.165, 1.54) is 16.4 Å². The number of sulfonamides is 1. The number of amides is 1. The van der Waals surface area contributed by atoms with Gasteiger partial charge in [-0.25, -0.2) is 13.2 Å². The molecule has 0 saturated carbocycles. The summed E-state index contributed by atoms with van der Waals surface area (Å²) in [6, 6.07) is 23.7. The smallest absolute Gasteiger partial charge is 0.410 e. The third-order valence-electron chi connectivity index (χ3n) is 8.64. The molecule has 4 rings (SSSR count). The highest BCUT2D eigenvalue weighted by Crippen LogP contribution is 2.32. The Morgan fingerprint density at radius 2 is 1.66 bits per heavy atom. The van der Waals surface area contributed by atoms with Gasteiger partial charge < -0.3 is 19.6 Å². The van der Waals surface area contributed by atoms with E-state index in [-0.39, 0.29) is 48.8 Å². The average Bonchev–Trinajstić information content (AvgIpc) is 3.09. The number of rotatable bonds is 15. The minimum Gasteiger partial charge on any atom is -0.445 e. The van der Waals surface area contributed by atoms with E-state index < -0.39 is 26.5 Å². The van der Waals surface area contributed by atoms with E-state index >= 15 is 0 Å². The highest BCUT2D eigenvalue weighted by Gasteiger charge is 2.37. The number of hydrogen-bond donors (Lipinski definition) is 1. The maximum atomic E-state index is 13.4. The predicted molar refractivity (Wildman–Crippen MR) is 183 cm³/mol. The molecule has 1 atom stereocenters. The Morgan fingerprint density at radius 1 is 1.06 bits per heavy atom. The third-order valence-corrected chi connectivity index (χ3v) is 10.5. The van der Waals surface area contributed by atoms with Gasteiger partial charge in [0.2, 0.25) is 10.0 Å². The van der Waals surface area contributed by atoms with Crippen LogP contribution in [0.3, 0.4) is 0 Å². The highest BCUT2D eigenvalue weighted by atomic mass is 35.5. The lowest BCUT2D eigenvalue weighted by atomic mass is 9.77. The highest BCUT2D eigenvalue weighted by molar-refractivity contribution is 7.89. The van der Waals surface area contributed by atoms with E-state index in [1.807, 2.05) is 30.3 Å². The molecule has 0 spiro atoms. The standard InChI is InChI=1S/C34H42N4O7S.ClH/c1-3-21-37(33(40)45-25-28-14-16-31(17-15-28)38(41)42)30-18-22-36(23-19-30)24-20-34(27-39,29-10-6-4-7-11-29)26-35(2)46(43,44)32-12-8-5-9-13-32;/h3-17,30,39H,1,18-27H2,2H3;1H. The maximum absolute atomic E-state index is 13.4. The normalized spacial score (nSPS) is 15.3. The number of halogens is 1. The zero-order valence-corrected chi connectivity index (χ0v) is 28.2. The molecule has 1 heterocycles. The summed E-state index contributed by atoms with van der Waals surface area (Å²) in [5, 5.41) is 21.7. The lowest BCUT2D eigenvalue weighted by Gasteiger charge is -2.40. The van der Waals surface area contributed by atoms with Gasteiger partial charge in [-0.1, -0.05) is 54.6 Å². The molecule has 1 fully saturated rings. The number of benzene rings is 3. The van der Waals surface area contributed by atoms with Gasteiger partial charge in [-0.15, -0.1) is 19.0 Å². The van der Waals surface area contributed by atoms with Gasteiger partial charge in [0, 0.05) is 56.8 Å². The number of likely N-dealkylation sites (N-methyl/N-ethyl adjacent to an activating group) is 1. The van der Waals surface area contributed by atoms with Gasteiger partial charge in [0.15, 0.2) is 0 Å². The van der Waals surface area contributed by atoms with Crippen LogP contribution < -0.4 is 0 Å². The van der Waals surface area contributed by atoms with Crippen LogP contribution in [-0.2, 0) is 26.8 Å². The molecule has 1 aliphatic heterocycles. The van der Waals surface area contributed by atoms with Crippen LogP contribution in [0.25, 0.3) is 0 Å². The van der Waals surface area contributed by atoms with Crippen molar-refractivity contribution >= 4 is 34.2 Å². The van der Waals surface area contributed by atoms with Crippen LogP contribution in [0.1, 0.15) is 30.4 Å². The molecule has 0 bridgehead atoms. The Hall–Kier alpha value is -3.81. The number of nitrogens with zero attached hydrogens (tertiary/aromatic N) is 4. The lowest BCUT2D eigenvalue weighted by Crippen LogP contribution is -2.50. The minimum absolute atomic E-state index is 0. The minimum atomic E-state index is -3.77. The second-order valence-corrected chi connectivity index (χ2v) is 13.7. The summed E-state index contributed by atoms with van der Waals surface area (Å²) in [5.74, 6) is 0. The Labute approximate surface area is 283 Å². The largest absolute Gasteiger partial charge is 0.445 e. The number of carbonyl (C=O) groups excluding carboxylic acids is 1. The molecule has 3 aromatic rings. The monoisotopic (exact) mass is 686 g/mol. The third kappa shape index (κ3) is 9.61. The Bertz CT molecular complexity index is 1550. The number of nitro groups is 1. The molecule has 3 aromatic carbocycles. The molecule has 1 amide bonds. The first-order valence-corrected chi connectivity index (χ1v) is 16.7. The number of carbonyl (C=O) groups is 1. The van der Waals surface area contributed by atoms with Gasteiger partial charge in [-0.05, 0) is 61.2 Å². The van der Waals surface area contributed by atoms with Crippen molar-refractivity contribution in [3.8, 4) is 0 Å². The van der Waals surface area contributed by atoms with Crippen LogP contribution in [0, 0.1) is 10.1 Å². The second-order valence-electron chi connectivity index (χ2n) is 11.6. The average molecular weight is 687 g/mol. The summed E-state index contributed by atoms with van der Waals surface area (Å²) in [7, 11) is -2.22. The van der Waals surface area contributed by atoms with Crippen LogP contribution in [0.2, 0.25) is 0 Å². The molecule has 254 valence electrons. The molecule has 1 aliphatic rings. The van der Waals surface area contributed by atoms with Crippen LogP contribution in [0.15, 0.2) is 102 Å². The number of piperidine rings is 1. The fourth-order valence-corrected chi connectivity index (χ4v) is 7.17. The molecule has 0 aromatic heterocycles. The lowest BCUT2D eigenvalue weighted by molar-refractivity contribution is -0.384. The van der Waals surface area contributed by atoms with Crippen molar-refractivity contribution in [1.82, 2.24) is 14.1 Å². The molecular weight excluding hydrogens is 644 g/mol. The number of hydrogen-bond acceptors (Lipinski definition) is 8. The van der Waals surface area contributed by atoms with E-state index in [4.69, 9.17) is 4.74 Å². The number of nitro benzene ring substituents is 1. The van der Waals surface area contributed by atoms with Crippen molar-refractivity contribution in [2.45, 2.75) is 42.2 Å². The SMILES string of the molecule is C=CCN(C(=O)OCc1ccc([N+](=O)[O-])cc1)C1CCN(CCC(CO)(CN(C)S(=O)(=O)c2ccccc2)c2ccccc2)CC1.Cl. The van der Waals surface area contributed by atoms with Crippen molar-refractivity contribution in [2.75, 3.05) is 46.4 Å². The van der Waals surface area contributed by atoms with E-state index in [0.29, 0.717) is 51.0 Å². The maximum Gasteiger partial charge on any atom is 0.410 e. The number of aliphatic hydroxyl groups excluding tert-OH is 1. The number of ether oxygens (including phenoxy) is 1. The van der Waals surface area contributed by atoms with Gasteiger partial charge >= 0.3 is 6.09 Å². The van der Waals surface area contributed by atoms with E-state index in [9.17, 15) is 28.4 Å². The van der Waals surface area contributed by atoms with Gasteiger partial charge in [-0.3, -0.25) is 10.1 Å². The summed E-state index contributed by atoms with van der Waals surface area (Å²) >= 11 is 0. The number of aliphatic hydroxyl groups is 1. The predicted octanol–water partition coefficient (Wildman–Crippen LogP) is 5.25. The molecule has 0 aliphatic carbocycles. The quantitative estimate of drug-likeness (QED) is 0.130. The molecule has 47 heavy (non-hydrogen) atoms. The van der Waals surface area contributed by atoms with Crippen molar-refractivity contribution in [3.05, 3.63) is 119 Å². The number of non-ortho nitro benzene ring substituents is 1. The van der Waals surface area contributed by atoms with Crippen LogP contribution in [0.4, 0.5) is 10.5 Å². The Morgan fingerprint density at radius 3 is 2.21 bits per heavy atom. The summed E-state index contributed by atoms with van der Waals surface area (Å²) in [6.07, 6.45) is 3.14. The molecular formula is C34H43ClN4O7S. The van der Waals surface area contributed by atoms with Crippen LogP contribution >= 0.6 is 12.4 Å². The first-order valence-electron chi connectivity index (χ1n) is 15.3. The van der Waals surface area contributed by atoms with Crippen molar-refractivity contribution in [2.24, 2.45) is 0 Å². The molecule has 1 unspecified atom stereocenters. The van der Waals surface area contributed by atoms with E-state index in [2.05, 4.69) is 11.5 Å². The van der Waals surface area contributed by atoms with E-state index in [1.54, 1.807) is 60.5 Å². The first kappa shape index (κ1) is 37.6. The summed E-state index contributed by atoms with van der Waals surface area (Å²) in [5.41, 5.74) is 0.667. The van der Waals surface area contributed by atoms with Crippen molar-refractivity contribution in [1.29, 1.82) is 0 Å².